The van der Waals surface area contributed by atoms with Crippen LogP contribution in [0.25, 0.3) is 0 Å². The summed E-state index contributed by atoms with van der Waals surface area (Å²) in [6.45, 7) is 7.35. The molecule has 0 radical (unpaired) electrons. The van der Waals surface area contributed by atoms with Crippen molar-refractivity contribution in [2.75, 3.05) is 0 Å². The Balaban J connectivity index is 2.14. The molecule has 1 aromatic heterocycles. The van der Waals surface area contributed by atoms with E-state index in [0.717, 1.165) is 6.54 Å². The fraction of sp³-hybridized carbons (Fsp3) is 0.417. The standard InChI is InChI=1S/C12H16N4/c1-12(2,3)11-6-4-10(5-7-11)8-16-9-13-14-15-16/h4-7,9H,8H2,1-3H3. The van der Waals surface area contributed by atoms with Gasteiger partial charge >= 0.3 is 0 Å². The van der Waals surface area contributed by atoms with Gasteiger partial charge in [0.05, 0.1) is 6.54 Å². The molecular weight excluding hydrogens is 200 g/mol. The molecule has 16 heavy (non-hydrogen) atoms. The van der Waals surface area contributed by atoms with Crippen LogP contribution in [0.4, 0.5) is 0 Å². The average Bonchev–Trinajstić information content (AvgIpc) is 2.70. The summed E-state index contributed by atoms with van der Waals surface area (Å²) < 4.78 is 1.71. The quantitative estimate of drug-likeness (QED) is 0.771. The molecule has 0 amide bonds. The molecule has 1 aromatic carbocycles. The van der Waals surface area contributed by atoms with Crippen LogP contribution in [0.15, 0.2) is 30.6 Å². The highest BCUT2D eigenvalue weighted by Crippen LogP contribution is 2.22. The van der Waals surface area contributed by atoms with Gasteiger partial charge in [0.1, 0.15) is 6.33 Å². The average molecular weight is 216 g/mol. The van der Waals surface area contributed by atoms with Crippen LogP contribution in [-0.2, 0) is 12.0 Å². The lowest BCUT2D eigenvalue weighted by Gasteiger charge is -2.19. The van der Waals surface area contributed by atoms with Gasteiger partial charge in [-0.25, -0.2) is 4.68 Å². The molecule has 0 saturated carbocycles. The highest BCUT2D eigenvalue weighted by Gasteiger charge is 2.12. The van der Waals surface area contributed by atoms with E-state index >= 15 is 0 Å². The number of hydrogen-bond donors (Lipinski definition) is 0. The summed E-state index contributed by atoms with van der Waals surface area (Å²) in [5.41, 5.74) is 2.75. The first-order chi connectivity index (χ1) is 7.55. The van der Waals surface area contributed by atoms with E-state index in [1.165, 1.54) is 11.1 Å². The minimum absolute atomic E-state index is 0.202. The second-order valence-corrected chi connectivity index (χ2v) is 4.95. The fourth-order valence-corrected chi connectivity index (χ4v) is 1.55. The summed E-state index contributed by atoms with van der Waals surface area (Å²) in [5.74, 6) is 0. The van der Waals surface area contributed by atoms with E-state index < -0.39 is 0 Å². The maximum atomic E-state index is 3.84. The second-order valence-electron chi connectivity index (χ2n) is 4.95. The number of aromatic nitrogens is 4. The third-order valence-electron chi connectivity index (χ3n) is 2.56. The Kier molecular flexibility index (Phi) is 2.73. The van der Waals surface area contributed by atoms with Crippen LogP contribution < -0.4 is 0 Å². The van der Waals surface area contributed by atoms with Gasteiger partial charge in [-0.2, -0.15) is 0 Å². The van der Waals surface area contributed by atoms with E-state index in [4.69, 9.17) is 0 Å². The fourth-order valence-electron chi connectivity index (χ4n) is 1.55. The van der Waals surface area contributed by atoms with E-state index in [-0.39, 0.29) is 5.41 Å². The molecule has 0 aliphatic heterocycles. The monoisotopic (exact) mass is 216 g/mol. The zero-order valence-electron chi connectivity index (χ0n) is 9.88. The molecule has 84 valence electrons. The van der Waals surface area contributed by atoms with Crippen molar-refractivity contribution in [3.63, 3.8) is 0 Å². The van der Waals surface area contributed by atoms with Crippen LogP contribution in [0, 0.1) is 0 Å². The van der Waals surface area contributed by atoms with Gasteiger partial charge in [-0.1, -0.05) is 45.0 Å². The van der Waals surface area contributed by atoms with Gasteiger partial charge in [-0.15, -0.1) is 5.10 Å². The predicted molar refractivity (Wildman–Crippen MR) is 62.1 cm³/mol. The van der Waals surface area contributed by atoms with E-state index in [9.17, 15) is 0 Å². The zero-order chi connectivity index (χ0) is 11.6. The molecule has 0 N–H and O–H groups in total. The smallest absolute Gasteiger partial charge is 0.138 e. The topological polar surface area (TPSA) is 43.6 Å². The van der Waals surface area contributed by atoms with Crippen molar-refractivity contribution >= 4 is 0 Å². The molecule has 0 fully saturated rings. The number of hydrogen-bond acceptors (Lipinski definition) is 3. The minimum atomic E-state index is 0.202. The molecule has 0 aliphatic carbocycles. The molecule has 0 atom stereocenters. The molecule has 0 aliphatic rings. The van der Waals surface area contributed by atoms with E-state index in [2.05, 4.69) is 60.6 Å². The molecule has 1 heterocycles. The lowest BCUT2D eigenvalue weighted by molar-refractivity contribution is 0.589. The highest BCUT2D eigenvalue weighted by atomic mass is 15.5. The molecule has 4 heteroatoms. The maximum Gasteiger partial charge on any atom is 0.138 e. The molecule has 2 rings (SSSR count). The zero-order valence-corrected chi connectivity index (χ0v) is 9.88. The molecule has 0 saturated heterocycles. The van der Waals surface area contributed by atoms with Crippen molar-refractivity contribution in [2.24, 2.45) is 0 Å². The minimum Gasteiger partial charge on any atom is -0.228 e. The van der Waals surface area contributed by atoms with E-state index in [0.29, 0.717) is 0 Å². The summed E-state index contributed by atoms with van der Waals surface area (Å²) in [5, 5.41) is 11.1. The molecule has 0 unspecified atom stereocenters. The van der Waals surface area contributed by atoms with Crippen LogP contribution in [0.1, 0.15) is 31.9 Å². The van der Waals surface area contributed by atoms with Crippen LogP contribution in [0.5, 0.6) is 0 Å². The van der Waals surface area contributed by atoms with Crippen molar-refractivity contribution in [3.05, 3.63) is 41.7 Å². The molecule has 0 bridgehead atoms. The number of benzene rings is 1. The Labute approximate surface area is 95.3 Å². The third kappa shape index (κ3) is 2.45. The van der Waals surface area contributed by atoms with Crippen LogP contribution >= 0.6 is 0 Å². The Morgan fingerprint density at radius 1 is 1.12 bits per heavy atom. The molecule has 4 nitrogen and oxygen atoms in total. The van der Waals surface area contributed by atoms with E-state index in [1.807, 2.05) is 0 Å². The van der Waals surface area contributed by atoms with Gasteiger partial charge in [0.15, 0.2) is 0 Å². The SMILES string of the molecule is CC(C)(C)c1ccc(Cn2cnnn2)cc1. The van der Waals surface area contributed by atoms with Crippen LogP contribution in [-0.4, -0.2) is 20.2 Å². The van der Waals surface area contributed by atoms with Gasteiger partial charge in [0.25, 0.3) is 0 Å². The molecule has 0 spiro atoms. The molecular formula is C12H16N4. The first kappa shape index (κ1) is 10.8. The summed E-state index contributed by atoms with van der Waals surface area (Å²) >= 11 is 0. The van der Waals surface area contributed by atoms with Crippen molar-refractivity contribution < 1.29 is 0 Å². The number of rotatable bonds is 2. The van der Waals surface area contributed by atoms with Gasteiger partial charge in [0.2, 0.25) is 0 Å². The lowest BCUT2D eigenvalue weighted by atomic mass is 9.87. The Morgan fingerprint density at radius 3 is 2.31 bits per heavy atom. The first-order valence-corrected chi connectivity index (χ1v) is 5.36. The number of tetrazole rings is 1. The number of nitrogens with zero attached hydrogens (tertiary/aromatic N) is 4. The Hall–Kier alpha value is -1.71. The largest absolute Gasteiger partial charge is 0.228 e. The lowest BCUT2D eigenvalue weighted by Crippen LogP contribution is -2.11. The normalized spacial score (nSPS) is 11.7. The second kappa shape index (κ2) is 4.04. The summed E-state index contributed by atoms with van der Waals surface area (Å²) in [7, 11) is 0. The predicted octanol–water partition coefficient (Wildman–Crippen LogP) is 2.02. The van der Waals surface area contributed by atoms with Crippen molar-refractivity contribution in [3.8, 4) is 0 Å². The highest BCUT2D eigenvalue weighted by molar-refractivity contribution is 5.27. The maximum absolute atomic E-state index is 3.84. The van der Waals surface area contributed by atoms with Gasteiger partial charge in [0, 0.05) is 0 Å². The summed E-state index contributed by atoms with van der Waals surface area (Å²) in [6.07, 6.45) is 1.62. The summed E-state index contributed by atoms with van der Waals surface area (Å²) in [4.78, 5) is 0. The van der Waals surface area contributed by atoms with E-state index in [1.54, 1.807) is 11.0 Å². The molecule has 2 aromatic rings. The van der Waals surface area contributed by atoms with Gasteiger partial charge in [-0.05, 0) is 27.0 Å². The summed E-state index contributed by atoms with van der Waals surface area (Å²) in [6, 6.07) is 8.59. The van der Waals surface area contributed by atoms with Gasteiger partial charge < -0.3 is 0 Å². The Bertz CT molecular complexity index is 437. The first-order valence-electron chi connectivity index (χ1n) is 5.36. The van der Waals surface area contributed by atoms with Crippen molar-refractivity contribution in [1.82, 2.24) is 20.2 Å². The van der Waals surface area contributed by atoms with Crippen LogP contribution in [0.3, 0.4) is 0 Å². The van der Waals surface area contributed by atoms with Crippen molar-refractivity contribution in [1.29, 1.82) is 0 Å². The third-order valence-corrected chi connectivity index (χ3v) is 2.56. The Morgan fingerprint density at radius 2 is 1.81 bits per heavy atom. The van der Waals surface area contributed by atoms with Crippen molar-refractivity contribution in [2.45, 2.75) is 32.7 Å². The van der Waals surface area contributed by atoms with Gasteiger partial charge in [-0.3, -0.25) is 0 Å². The van der Waals surface area contributed by atoms with Crippen LogP contribution in [0.2, 0.25) is 0 Å².